The monoisotopic (exact) mass is 347 g/mol. The molecule has 0 amide bonds. The standard InChI is InChI=1S/C16H14FN3O3S/c1-11-3-2-4-12(9-11)16-19-15(23-20-16)10-18-24(21,22)14-7-5-13(17)6-8-14/h2-9,18H,10H2,1H3. The molecule has 1 aromatic heterocycles. The molecule has 0 atom stereocenters. The van der Waals surface area contributed by atoms with Crippen LogP contribution in [0.2, 0.25) is 0 Å². The number of sulfonamides is 1. The Hall–Kier alpha value is -2.58. The molecule has 24 heavy (non-hydrogen) atoms. The van der Waals surface area contributed by atoms with Crippen LogP contribution in [0, 0.1) is 12.7 Å². The van der Waals surface area contributed by atoms with Crippen LogP contribution in [0.15, 0.2) is 57.9 Å². The summed E-state index contributed by atoms with van der Waals surface area (Å²) < 4.78 is 44.5. The van der Waals surface area contributed by atoms with E-state index in [1.54, 1.807) is 0 Å². The molecule has 0 radical (unpaired) electrons. The highest BCUT2D eigenvalue weighted by molar-refractivity contribution is 7.89. The SMILES string of the molecule is Cc1cccc(-c2noc(CNS(=O)(=O)c3ccc(F)cc3)n2)c1. The Morgan fingerprint density at radius 1 is 1.17 bits per heavy atom. The summed E-state index contributed by atoms with van der Waals surface area (Å²) in [6.07, 6.45) is 0. The minimum Gasteiger partial charge on any atom is -0.338 e. The maximum Gasteiger partial charge on any atom is 0.242 e. The molecule has 0 aliphatic heterocycles. The van der Waals surface area contributed by atoms with Crippen LogP contribution in [0.25, 0.3) is 11.4 Å². The summed E-state index contributed by atoms with van der Waals surface area (Å²) in [5.41, 5.74) is 1.84. The lowest BCUT2D eigenvalue weighted by Gasteiger charge is -2.04. The van der Waals surface area contributed by atoms with Crippen LogP contribution in [0.4, 0.5) is 4.39 Å². The van der Waals surface area contributed by atoms with Gasteiger partial charge in [-0.2, -0.15) is 4.98 Å². The van der Waals surface area contributed by atoms with Gasteiger partial charge in [0, 0.05) is 5.56 Å². The molecular weight excluding hydrogens is 333 g/mol. The lowest BCUT2D eigenvalue weighted by Crippen LogP contribution is -2.23. The molecule has 124 valence electrons. The van der Waals surface area contributed by atoms with Gasteiger partial charge in [-0.3, -0.25) is 0 Å². The Morgan fingerprint density at radius 2 is 1.92 bits per heavy atom. The second-order valence-electron chi connectivity index (χ2n) is 5.16. The maximum atomic E-state index is 12.9. The van der Waals surface area contributed by atoms with Gasteiger partial charge >= 0.3 is 0 Å². The van der Waals surface area contributed by atoms with Gasteiger partial charge in [-0.05, 0) is 37.3 Å². The Kier molecular flexibility index (Phi) is 4.41. The third-order valence-electron chi connectivity index (χ3n) is 3.28. The predicted octanol–water partition coefficient (Wildman–Crippen LogP) is 2.66. The lowest BCUT2D eigenvalue weighted by molar-refractivity contribution is 0.376. The summed E-state index contributed by atoms with van der Waals surface area (Å²) in [6, 6.07) is 12.1. The second kappa shape index (κ2) is 6.50. The van der Waals surface area contributed by atoms with Gasteiger partial charge in [0.15, 0.2) is 0 Å². The Labute approximate surface area is 138 Å². The molecule has 1 N–H and O–H groups in total. The van der Waals surface area contributed by atoms with Gasteiger partial charge in [0.2, 0.25) is 21.7 Å². The normalized spacial score (nSPS) is 11.6. The van der Waals surface area contributed by atoms with E-state index in [2.05, 4.69) is 14.9 Å². The lowest BCUT2D eigenvalue weighted by atomic mass is 10.1. The first-order chi connectivity index (χ1) is 11.4. The fraction of sp³-hybridized carbons (Fsp3) is 0.125. The highest BCUT2D eigenvalue weighted by Crippen LogP contribution is 2.17. The van der Waals surface area contributed by atoms with Crippen molar-refractivity contribution in [2.45, 2.75) is 18.4 Å². The molecule has 3 rings (SSSR count). The molecule has 0 aliphatic carbocycles. The molecule has 0 aliphatic rings. The van der Waals surface area contributed by atoms with Crippen molar-refractivity contribution >= 4 is 10.0 Å². The zero-order valence-electron chi connectivity index (χ0n) is 12.7. The third kappa shape index (κ3) is 3.66. The van der Waals surface area contributed by atoms with Crippen LogP contribution in [-0.4, -0.2) is 18.6 Å². The molecule has 1 heterocycles. The van der Waals surface area contributed by atoms with E-state index in [0.29, 0.717) is 5.82 Å². The van der Waals surface area contributed by atoms with Gasteiger partial charge in [-0.1, -0.05) is 28.9 Å². The number of hydrogen-bond acceptors (Lipinski definition) is 5. The van der Waals surface area contributed by atoms with Crippen LogP contribution < -0.4 is 4.72 Å². The van der Waals surface area contributed by atoms with Gasteiger partial charge in [0.05, 0.1) is 11.4 Å². The summed E-state index contributed by atoms with van der Waals surface area (Å²) in [4.78, 5) is 4.13. The van der Waals surface area contributed by atoms with Crippen molar-refractivity contribution in [3.8, 4) is 11.4 Å². The quantitative estimate of drug-likeness (QED) is 0.767. The first-order valence-electron chi connectivity index (χ1n) is 7.09. The van der Waals surface area contributed by atoms with Crippen molar-refractivity contribution in [1.82, 2.24) is 14.9 Å². The fourth-order valence-corrected chi connectivity index (χ4v) is 3.06. The second-order valence-corrected chi connectivity index (χ2v) is 6.93. The number of aromatic nitrogens is 2. The van der Waals surface area contributed by atoms with E-state index in [4.69, 9.17) is 4.52 Å². The maximum absolute atomic E-state index is 12.9. The minimum atomic E-state index is -3.78. The number of hydrogen-bond donors (Lipinski definition) is 1. The molecular formula is C16H14FN3O3S. The van der Waals surface area contributed by atoms with Crippen molar-refractivity contribution in [1.29, 1.82) is 0 Å². The number of nitrogens with zero attached hydrogens (tertiary/aromatic N) is 2. The van der Waals surface area contributed by atoms with E-state index < -0.39 is 15.8 Å². The minimum absolute atomic E-state index is 0.0395. The van der Waals surface area contributed by atoms with E-state index in [0.717, 1.165) is 23.3 Å². The summed E-state index contributed by atoms with van der Waals surface area (Å²) in [6.45, 7) is 1.79. The average molecular weight is 347 g/mol. The molecule has 0 spiro atoms. The Bertz CT molecular complexity index is 953. The Balaban J connectivity index is 1.72. The van der Waals surface area contributed by atoms with Gasteiger partial charge in [-0.25, -0.2) is 17.5 Å². The third-order valence-corrected chi connectivity index (χ3v) is 4.70. The summed E-state index contributed by atoms with van der Waals surface area (Å²) in [5.74, 6) is 0.0144. The highest BCUT2D eigenvalue weighted by Gasteiger charge is 2.16. The van der Waals surface area contributed by atoms with Crippen LogP contribution in [0.5, 0.6) is 0 Å². The number of aryl methyl sites for hydroxylation is 1. The zero-order valence-corrected chi connectivity index (χ0v) is 13.5. The Morgan fingerprint density at radius 3 is 2.62 bits per heavy atom. The van der Waals surface area contributed by atoms with Crippen LogP contribution in [-0.2, 0) is 16.6 Å². The van der Waals surface area contributed by atoms with E-state index in [9.17, 15) is 12.8 Å². The number of nitrogens with one attached hydrogen (secondary N) is 1. The molecule has 6 nitrogen and oxygen atoms in total. The van der Waals surface area contributed by atoms with Crippen molar-refractivity contribution in [3.05, 3.63) is 65.8 Å². The summed E-state index contributed by atoms with van der Waals surface area (Å²) >= 11 is 0. The molecule has 8 heteroatoms. The number of halogens is 1. The van der Waals surface area contributed by atoms with Crippen molar-refractivity contribution in [2.24, 2.45) is 0 Å². The summed E-state index contributed by atoms with van der Waals surface area (Å²) in [5, 5.41) is 3.84. The van der Waals surface area contributed by atoms with Crippen LogP contribution in [0.1, 0.15) is 11.5 Å². The molecule has 0 fully saturated rings. The average Bonchev–Trinajstić information content (AvgIpc) is 3.03. The van der Waals surface area contributed by atoms with E-state index in [1.807, 2.05) is 31.2 Å². The van der Waals surface area contributed by atoms with E-state index in [1.165, 1.54) is 12.1 Å². The number of rotatable bonds is 5. The van der Waals surface area contributed by atoms with Crippen molar-refractivity contribution < 1.29 is 17.3 Å². The number of benzene rings is 2. The molecule has 0 bridgehead atoms. The molecule has 0 saturated heterocycles. The molecule has 0 saturated carbocycles. The van der Waals surface area contributed by atoms with Crippen LogP contribution >= 0.6 is 0 Å². The largest absolute Gasteiger partial charge is 0.338 e. The zero-order chi connectivity index (χ0) is 17.2. The van der Waals surface area contributed by atoms with E-state index >= 15 is 0 Å². The van der Waals surface area contributed by atoms with Crippen molar-refractivity contribution in [3.63, 3.8) is 0 Å². The predicted molar refractivity (Wildman–Crippen MR) is 84.9 cm³/mol. The smallest absolute Gasteiger partial charge is 0.242 e. The first-order valence-corrected chi connectivity index (χ1v) is 8.57. The van der Waals surface area contributed by atoms with Gasteiger partial charge in [0.25, 0.3) is 0 Å². The molecule has 3 aromatic rings. The van der Waals surface area contributed by atoms with Gasteiger partial charge in [0.1, 0.15) is 5.82 Å². The van der Waals surface area contributed by atoms with Gasteiger partial charge in [-0.15, -0.1) is 0 Å². The van der Waals surface area contributed by atoms with Crippen LogP contribution in [0.3, 0.4) is 0 Å². The summed E-state index contributed by atoms with van der Waals surface area (Å²) in [7, 11) is -3.78. The van der Waals surface area contributed by atoms with E-state index in [-0.39, 0.29) is 17.3 Å². The first kappa shape index (κ1) is 16.3. The van der Waals surface area contributed by atoms with Gasteiger partial charge < -0.3 is 4.52 Å². The molecule has 2 aromatic carbocycles. The van der Waals surface area contributed by atoms with Crippen molar-refractivity contribution in [2.75, 3.05) is 0 Å². The topological polar surface area (TPSA) is 85.1 Å². The molecule has 0 unspecified atom stereocenters. The fourth-order valence-electron chi connectivity index (χ4n) is 2.08. The highest BCUT2D eigenvalue weighted by atomic mass is 32.2.